The Balaban J connectivity index is 2.31. The second-order valence-corrected chi connectivity index (χ2v) is 6.52. The summed E-state index contributed by atoms with van der Waals surface area (Å²) in [5, 5.41) is 3.03. The fraction of sp³-hybridized carbons (Fsp3) is 0.357. The predicted octanol–water partition coefficient (Wildman–Crippen LogP) is 1.73. The molecule has 21 heavy (non-hydrogen) atoms. The molecule has 0 saturated heterocycles. The van der Waals surface area contributed by atoms with E-state index >= 15 is 0 Å². The van der Waals surface area contributed by atoms with Crippen LogP contribution in [0.25, 0.3) is 0 Å². The van der Waals surface area contributed by atoms with Gasteiger partial charge in [-0.15, -0.1) is 0 Å². The summed E-state index contributed by atoms with van der Waals surface area (Å²) >= 11 is 0. The highest BCUT2D eigenvalue weighted by Gasteiger charge is 2.18. The maximum Gasteiger partial charge on any atom is 0.263 e. The van der Waals surface area contributed by atoms with Gasteiger partial charge in [0.15, 0.2) is 0 Å². The molecule has 0 aliphatic rings. The fourth-order valence-electron chi connectivity index (χ4n) is 2.12. The number of nitrogens with one attached hydrogen (secondary N) is 2. The number of hydrogen-bond acceptors (Lipinski definition) is 4. The van der Waals surface area contributed by atoms with Gasteiger partial charge in [-0.3, -0.25) is 9.71 Å². The highest BCUT2D eigenvalue weighted by molar-refractivity contribution is 7.92. The number of aryl methyl sites for hydroxylation is 2. The quantitative estimate of drug-likeness (QED) is 0.852. The lowest BCUT2D eigenvalue weighted by Crippen LogP contribution is -2.12. The molecule has 7 heteroatoms. The number of anilines is 1. The molecule has 0 fully saturated rings. The second-order valence-electron chi connectivity index (χ2n) is 4.84. The Hall–Kier alpha value is -1.86. The van der Waals surface area contributed by atoms with E-state index in [1.807, 2.05) is 25.5 Å². The molecular weight excluding hydrogens is 288 g/mol. The summed E-state index contributed by atoms with van der Waals surface area (Å²) in [7, 11) is -1.77. The molecule has 2 rings (SSSR count). The third-order valence-corrected chi connectivity index (χ3v) is 4.45. The first-order valence-electron chi connectivity index (χ1n) is 6.74. The summed E-state index contributed by atoms with van der Waals surface area (Å²) in [4.78, 5) is 4.25. The second kappa shape index (κ2) is 6.28. The summed E-state index contributed by atoms with van der Waals surface area (Å²) in [5.41, 5.74) is 2.30. The van der Waals surface area contributed by atoms with Crippen LogP contribution in [0.1, 0.15) is 18.2 Å². The molecule has 2 heterocycles. The van der Waals surface area contributed by atoms with Gasteiger partial charge in [0.05, 0.1) is 11.9 Å². The lowest BCUT2D eigenvalue weighted by Gasteiger charge is -2.06. The smallest absolute Gasteiger partial charge is 0.263 e. The maximum absolute atomic E-state index is 12.4. The number of aromatic nitrogens is 2. The third-order valence-electron chi connectivity index (χ3n) is 3.10. The van der Waals surface area contributed by atoms with Gasteiger partial charge in [-0.05, 0) is 38.6 Å². The molecule has 0 radical (unpaired) electrons. The first-order chi connectivity index (χ1) is 9.96. The van der Waals surface area contributed by atoms with Gasteiger partial charge >= 0.3 is 0 Å². The maximum atomic E-state index is 12.4. The molecule has 0 aliphatic heterocycles. The zero-order chi connectivity index (χ0) is 15.5. The van der Waals surface area contributed by atoms with Crippen molar-refractivity contribution < 1.29 is 8.42 Å². The van der Waals surface area contributed by atoms with Crippen molar-refractivity contribution in [1.82, 2.24) is 14.9 Å². The van der Waals surface area contributed by atoms with Gasteiger partial charge in [-0.2, -0.15) is 0 Å². The van der Waals surface area contributed by atoms with Crippen LogP contribution in [0, 0.1) is 6.92 Å². The normalized spacial score (nSPS) is 11.6. The molecule has 0 atom stereocenters. The number of pyridine rings is 1. The molecule has 0 aromatic carbocycles. The van der Waals surface area contributed by atoms with Gasteiger partial charge in [0, 0.05) is 31.2 Å². The fourth-order valence-corrected chi connectivity index (χ4v) is 3.22. The van der Waals surface area contributed by atoms with Crippen LogP contribution in [-0.2, 0) is 23.1 Å². The van der Waals surface area contributed by atoms with Crippen molar-refractivity contribution in [1.29, 1.82) is 0 Å². The molecule has 0 spiro atoms. The van der Waals surface area contributed by atoms with Gasteiger partial charge in [-0.1, -0.05) is 0 Å². The summed E-state index contributed by atoms with van der Waals surface area (Å²) in [6, 6.07) is 3.43. The Morgan fingerprint density at radius 3 is 2.67 bits per heavy atom. The lowest BCUT2D eigenvalue weighted by molar-refractivity contribution is 0.600. The zero-order valence-corrected chi connectivity index (χ0v) is 13.2. The monoisotopic (exact) mass is 308 g/mol. The van der Waals surface area contributed by atoms with Crippen LogP contribution in [0.3, 0.4) is 0 Å². The molecule has 0 unspecified atom stereocenters. The van der Waals surface area contributed by atoms with Crippen LogP contribution in [0.4, 0.5) is 5.69 Å². The van der Waals surface area contributed by atoms with Crippen molar-refractivity contribution in [2.75, 3.05) is 11.8 Å². The Kier molecular flexibility index (Phi) is 4.64. The van der Waals surface area contributed by atoms with Crippen molar-refractivity contribution in [3.05, 3.63) is 42.0 Å². The molecule has 2 N–H and O–H groups in total. The zero-order valence-electron chi connectivity index (χ0n) is 12.4. The van der Waals surface area contributed by atoms with Crippen LogP contribution in [0.15, 0.2) is 35.6 Å². The molecule has 2 aromatic heterocycles. The molecule has 2 aromatic rings. The van der Waals surface area contributed by atoms with Crippen molar-refractivity contribution >= 4 is 15.7 Å². The topological polar surface area (TPSA) is 76.0 Å². The predicted molar refractivity (Wildman–Crippen MR) is 82.7 cm³/mol. The van der Waals surface area contributed by atoms with E-state index in [9.17, 15) is 8.42 Å². The van der Waals surface area contributed by atoms with Crippen molar-refractivity contribution in [3.63, 3.8) is 0 Å². The average molecular weight is 308 g/mol. The first kappa shape index (κ1) is 15.5. The van der Waals surface area contributed by atoms with Gasteiger partial charge in [0.25, 0.3) is 10.0 Å². The van der Waals surface area contributed by atoms with Crippen LogP contribution in [0.2, 0.25) is 0 Å². The molecule has 114 valence electrons. The van der Waals surface area contributed by atoms with E-state index in [2.05, 4.69) is 15.0 Å². The Labute approximate surface area is 125 Å². The number of rotatable bonds is 6. The summed E-state index contributed by atoms with van der Waals surface area (Å²) in [6.07, 6.45) is 4.82. The first-order valence-corrected chi connectivity index (χ1v) is 8.22. The van der Waals surface area contributed by atoms with Crippen molar-refractivity contribution in [3.8, 4) is 0 Å². The standard InChI is InChI=1S/C14H20N4O2S/c1-4-18-10-14(6-13(18)9-15-3)21(19,20)17-12-5-11(2)7-16-8-12/h5-8,10,15,17H,4,9H2,1-3H3. The lowest BCUT2D eigenvalue weighted by atomic mass is 10.3. The van der Waals surface area contributed by atoms with E-state index in [0.29, 0.717) is 12.2 Å². The van der Waals surface area contributed by atoms with E-state index in [-0.39, 0.29) is 4.90 Å². The average Bonchev–Trinajstić information content (AvgIpc) is 2.83. The minimum atomic E-state index is -3.60. The number of hydrogen-bond donors (Lipinski definition) is 2. The number of nitrogens with zero attached hydrogens (tertiary/aromatic N) is 2. The molecule has 0 amide bonds. The number of sulfonamides is 1. The van der Waals surface area contributed by atoms with Crippen LogP contribution in [0.5, 0.6) is 0 Å². The van der Waals surface area contributed by atoms with Gasteiger partial charge in [0.1, 0.15) is 4.90 Å². The minimum Gasteiger partial charge on any atom is -0.349 e. The minimum absolute atomic E-state index is 0.260. The van der Waals surface area contributed by atoms with E-state index in [0.717, 1.165) is 17.8 Å². The van der Waals surface area contributed by atoms with Crippen LogP contribution in [-0.4, -0.2) is 25.0 Å². The van der Waals surface area contributed by atoms with Gasteiger partial charge in [0.2, 0.25) is 0 Å². The van der Waals surface area contributed by atoms with Crippen molar-refractivity contribution in [2.24, 2.45) is 0 Å². The van der Waals surface area contributed by atoms with E-state index in [1.54, 1.807) is 24.5 Å². The molecule has 0 saturated carbocycles. The Bertz CT molecular complexity index is 722. The van der Waals surface area contributed by atoms with Gasteiger partial charge < -0.3 is 9.88 Å². The summed E-state index contributed by atoms with van der Waals surface area (Å²) in [6.45, 7) is 5.19. The van der Waals surface area contributed by atoms with Crippen molar-refractivity contribution in [2.45, 2.75) is 31.8 Å². The highest BCUT2D eigenvalue weighted by atomic mass is 32.2. The van der Waals surface area contributed by atoms with Gasteiger partial charge in [-0.25, -0.2) is 8.42 Å². The Morgan fingerprint density at radius 1 is 1.29 bits per heavy atom. The molecule has 0 bridgehead atoms. The summed E-state index contributed by atoms with van der Waals surface area (Å²) < 4.78 is 29.3. The Morgan fingerprint density at radius 2 is 2.05 bits per heavy atom. The van der Waals surface area contributed by atoms with E-state index in [4.69, 9.17) is 0 Å². The van der Waals surface area contributed by atoms with E-state index in [1.165, 1.54) is 6.20 Å². The molecular formula is C14H20N4O2S. The van der Waals surface area contributed by atoms with E-state index < -0.39 is 10.0 Å². The molecule has 0 aliphatic carbocycles. The summed E-state index contributed by atoms with van der Waals surface area (Å²) in [5.74, 6) is 0. The highest BCUT2D eigenvalue weighted by Crippen LogP contribution is 2.19. The molecule has 6 nitrogen and oxygen atoms in total. The van der Waals surface area contributed by atoms with Crippen LogP contribution < -0.4 is 10.0 Å². The largest absolute Gasteiger partial charge is 0.349 e. The SMILES string of the molecule is CCn1cc(S(=O)(=O)Nc2cncc(C)c2)cc1CNC. The third kappa shape index (κ3) is 3.62. The van der Waals surface area contributed by atoms with Crippen LogP contribution >= 0.6 is 0 Å².